The first kappa shape index (κ1) is 19.5. The fourth-order valence-corrected chi connectivity index (χ4v) is 4.17. The molecule has 0 unspecified atom stereocenters. The van der Waals surface area contributed by atoms with Crippen LogP contribution in [0.25, 0.3) is 11.3 Å². The highest BCUT2D eigenvalue weighted by Crippen LogP contribution is 2.23. The Morgan fingerprint density at radius 2 is 1.79 bits per heavy atom. The predicted octanol–water partition coefficient (Wildman–Crippen LogP) is 4.62. The van der Waals surface area contributed by atoms with Gasteiger partial charge >= 0.3 is 0 Å². The number of hydrogen-bond donors (Lipinski definition) is 1. The Bertz CT molecular complexity index is 941. The van der Waals surface area contributed by atoms with Gasteiger partial charge in [0.05, 0.1) is 11.4 Å². The van der Waals surface area contributed by atoms with Gasteiger partial charge in [0, 0.05) is 30.1 Å². The summed E-state index contributed by atoms with van der Waals surface area (Å²) in [4.78, 5) is 14.5. The first-order valence-corrected chi connectivity index (χ1v) is 11.0. The van der Waals surface area contributed by atoms with Gasteiger partial charge in [0.25, 0.3) is 0 Å². The number of hydrogen-bond acceptors (Lipinski definition) is 5. The molecule has 148 valence electrons. The van der Waals surface area contributed by atoms with Crippen molar-refractivity contribution in [2.24, 2.45) is 0 Å². The summed E-state index contributed by atoms with van der Waals surface area (Å²) in [5.74, 6) is 2.18. The summed E-state index contributed by atoms with van der Waals surface area (Å²) in [5.41, 5.74) is 3.75. The first-order chi connectivity index (χ1) is 14.3. The molecular weight excluding hydrogens is 380 g/mol. The normalized spacial score (nSPS) is 13.4. The maximum Gasteiger partial charge on any atom is 0.234 e. The second-order valence-electron chi connectivity index (χ2n) is 7.08. The number of nitrogens with one attached hydrogen (secondary N) is 1. The van der Waals surface area contributed by atoms with E-state index in [-0.39, 0.29) is 5.91 Å². The average Bonchev–Trinajstić information content (AvgIpc) is 3.30. The summed E-state index contributed by atoms with van der Waals surface area (Å²) >= 11 is 1.61. The monoisotopic (exact) mass is 404 g/mol. The van der Waals surface area contributed by atoms with Crippen LogP contribution in [0.3, 0.4) is 0 Å². The first-order valence-electron chi connectivity index (χ1n) is 9.88. The van der Waals surface area contributed by atoms with Crippen LogP contribution in [0.4, 0.5) is 11.5 Å². The van der Waals surface area contributed by atoms with E-state index >= 15 is 0 Å². The molecule has 0 bridgehead atoms. The third-order valence-electron chi connectivity index (χ3n) is 4.87. The Morgan fingerprint density at radius 1 is 0.966 bits per heavy atom. The lowest BCUT2D eigenvalue weighted by Crippen LogP contribution is -2.19. The molecule has 0 radical (unpaired) electrons. The summed E-state index contributed by atoms with van der Waals surface area (Å²) in [7, 11) is 0. The van der Waals surface area contributed by atoms with Crippen molar-refractivity contribution in [3.8, 4) is 11.3 Å². The maximum atomic E-state index is 12.3. The van der Waals surface area contributed by atoms with Gasteiger partial charge in [-0.3, -0.25) is 4.79 Å². The van der Waals surface area contributed by atoms with E-state index in [9.17, 15) is 4.79 Å². The lowest BCUT2D eigenvalue weighted by atomic mass is 10.1. The zero-order valence-corrected chi connectivity index (χ0v) is 17.1. The second-order valence-corrected chi connectivity index (χ2v) is 8.06. The van der Waals surface area contributed by atoms with Gasteiger partial charge < -0.3 is 10.2 Å². The number of thioether (sulfide) groups is 1. The van der Waals surface area contributed by atoms with Gasteiger partial charge in [-0.2, -0.15) is 0 Å². The lowest BCUT2D eigenvalue weighted by Gasteiger charge is -2.15. The molecule has 29 heavy (non-hydrogen) atoms. The molecule has 1 aliphatic rings. The summed E-state index contributed by atoms with van der Waals surface area (Å²) in [6.45, 7) is 2.11. The van der Waals surface area contributed by atoms with Gasteiger partial charge in [0.1, 0.15) is 0 Å². The van der Waals surface area contributed by atoms with Crippen molar-refractivity contribution < 1.29 is 4.79 Å². The second kappa shape index (κ2) is 9.56. The topological polar surface area (TPSA) is 58.1 Å². The summed E-state index contributed by atoms with van der Waals surface area (Å²) < 4.78 is 0. The number of rotatable bonds is 7. The Labute approximate surface area is 175 Å². The maximum absolute atomic E-state index is 12.3. The van der Waals surface area contributed by atoms with Gasteiger partial charge in [0.15, 0.2) is 5.82 Å². The van der Waals surface area contributed by atoms with E-state index in [0.717, 1.165) is 41.6 Å². The van der Waals surface area contributed by atoms with Crippen LogP contribution in [-0.2, 0) is 10.5 Å². The van der Waals surface area contributed by atoms with Crippen LogP contribution >= 0.6 is 11.8 Å². The quantitative estimate of drug-likeness (QED) is 0.623. The van der Waals surface area contributed by atoms with E-state index < -0.39 is 0 Å². The molecule has 0 saturated carbocycles. The van der Waals surface area contributed by atoms with Crippen molar-refractivity contribution in [1.29, 1.82) is 0 Å². The fourth-order valence-electron chi connectivity index (χ4n) is 3.38. The molecule has 4 rings (SSSR count). The van der Waals surface area contributed by atoms with E-state index in [0.29, 0.717) is 5.75 Å². The number of aromatic nitrogens is 2. The molecule has 6 heteroatoms. The van der Waals surface area contributed by atoms with Crippen molar-refractivity contribution in [2.75, 3.05) is 29.1 Å². The van der Waals surface area contributed by atoms with E-state index in [1.165, 1.54) is 18.4 Å². The molecule has 0 aliphatic carbocycles. The number of carbonyl (C=O) groups is 1. The van der Waals surface area contributed by atoms with Crippen LogP contribution in [0, 0.1) is 0 Å². The molecule has 1 saturated heterocycles. The number of benzene rings is 2. The molecule has 1 aliphatic heterocycles. The molecule has 1 amide bonds. The summed E-state index contributed by atoms with van der Waals surface area (Å²) in [6, 6.07) is 22.0. The Morgan fingerprint density at radius 3 is 2.55 bits per heavy atom. The van der Waals surface area contributed by atoms with Gasteiger partial charge in [0.2, 0.25) is 5.91 Å². The van der Waals surface area contributed by atoms with E-state index in [1.807, 2.05) is 54.6 Å². The molecule has 1 N–H and O–H groups in total. The minimum atomic E-state index is -0.00135. The highest BCUT2D eigenvalue weighted by atomic mass is 32.2. The number of amides is 1. The van der Waals surface area contributed by atoms with Crippen LogP contribution in [0.5, 0.6) is 0 Å². The Balaban J connectivity index is 1.33. The van der Waals surface area contributed by atoms with Crippen molar-refractivity contribution >= 4 is 29.2 Å². The highest BCUT2D eigenvalue weighted by molar-refractivity contribution is 7.99. The van der Waals surface area contributed by atoms with E-state index in [4.69, 9.17) is 0 Å². The molecule has 0 spiro atoms. The SMILES string of the molecule is O=C(CSCc1ccccc1)Nc1cccc(-c2ccc(N3CCCC3)nn2)c1. The van der Waals surface area contributed by atoms with Crippen molar-refractivity contribution in [2.45, 2.75) is 18.6 Å². The van der Waals surface area contributed by atoms with Gasteiger partial charge in [-0.25, -0.2) is 0 Å². The molecule has 0 atom stereocenters. The van der Waals surface area contributed by atoms with Crippen molar-refractivity contribution in [3.05, 3.63) is 72.3 Å². The molecule has 2 heterocycles. The number of carbonyl (C=O) groups excluding carboxylic acids is 1. The van der Waals surface area contributed by atoms with Crippen LogP contribution in [0.2, 0.25) is 0 Å². The van der Waals surface area contributed by atoms with Crippen LogP contribution < -0.4 is 10.2 Å². The van der Waals surface area contributed by atoms with Crippen LogP contribution in [0.15, 0.2) is 66.7 Å². The molecule has 1 aromatic heterocycles. The van der Waals surface area contributed by atoms with E-state index in [1.54, 1.807) is 11.8 Å². The summed E-state index contributed by atoms with van der Waals surface area (Å²) in [5, 5.41) is 11.7. The van der Waals surface area contributed by atoms with Crippen molar-refractivity contribution in [1.82, 2.24) is 10.2 Å². The predicted molar refractivity (Wildman–Crippen MR) is 120 cm³/mol. The highest BCUT2D eigenvalue weighted by Gasteiger charge is 2.14. The minimum Gasteiger partial charge on any atom is -0.355 e. The fraction of sp³-hybridized carbons (Fsp3) is 0.261. The van der Waals surface area contributed by atoms with Crippen LogP contribution in [-0.4, -0.2) is 34.9 Å². The molecule has 5 nitrogen and oxygen atoms in total. The van der Waals surface area contributed by atoms with Gasteiger partial charge in [-0.1, -0.05) is 42.5 Å². The number of anilines is 2. The zero-order valence-electron chi connectivity index (χ0n) is 16.3. The molecule has 3 aromatic rings. The van der Waals surface area contributed by atoms with E-state index in [2.05, 4.69) is 32.5 Å². The smallest absolute Gasteiger partial charge is 0.234 e. The third-order valence-corrected chi connectivity index (χ3v) is 5.87. The molecular formula is C23H24N4OS. The molecule has 2 aromatic carbocycles. The van der Waals surface area contributed by atoms with Crippen molar-refractivity contribution in [3.63, 3.8) is 0 Å². The minimum absolute atomic E-state index is 0.00135. The average molecular weight is 405 g/mol. The largest absolute Gasteiger partial charge is 0.355 e. The number of nitrogens with zero attached hydrogens (tertiary/aromatic N) is 3. The summed E-state index contributed by atoms with van der Waals surface area (Å²) in [6.07, 6.45) is 2.43. The third kappa shape index (κ3) is 5.35. The van der Waals surface area contributed by atoms with Crippen LogP contribution in [0.1, 0.15) is 18.4 Å². The molecule has 1 fully saturated rings. The van der Waals surface area contributed by atoms with Gasteiger partial charge in [-0.15, -0.1) is 22.0 Å². The Kier molecular flexibility index (Phi) is 6.42. The lowest BCUT2D eigenvalue weighted by molar-refractivity contribution is -0.113. The zero-order chi connectivity index (χ0) is 19.9. The van der Waals surface area contributed by atoms with Gasteiger partial charge in [-0.05, 0) is 42.7 Å². The standard InChI is InChI=1S/C23H24N4OS/c28-23(17-29-16-18-7-2-1-3-8-18)24-20-10-6-9-19(15-20)21-11-12-22(26-25-21)27-13-4-5-14-27/h1-3,6-12,15H,4-5,13-14,16-17H2,(H,24,28). The Hall–Kier alpha value is -2.86.